The van der Waals surface area contributed by atoms with Crippen molar-refractivity contribution in [2.75, 3.05) is 5.32 Å². The predicted octanol–water partition coefficient (Wildman–Crippen LogP) is 3.10. The lowest BCUT2D eigenvalue weighted by Crippen LogP contribution is -2.25. The molecule has 1 amide bonds. The lowest BCUT2D eigenvalue weighted by molar-refractivity contribution is -0.119. The van der Waals surface area contributed by atoms with Gasteiger partial charge in [-0.05, 0) is 39.0 Å². The van der Waals surface area contributed by atoms with Crippen LogP contribution >= 0.6 is 0 Å². The fourth-order valence-electron chi connectivity index (χ4n) is 3.22. The molecule has 0 aliphatic rings. The van der Waals surface area contributed by atoms with E-state index in [1.165, 1.54) is 0 Å². The Morgan fingerprint density at radius 3 is 2.62 bits per heavy atom. The van der Waals surface area contributed by atoms with Crippen molar-refractivity contribution >= 4 is 22.6 Å². The zero-order chi connectivity index (χ0) is 18.8. The third-order valence-corrected chi connectivity index (χ3v) is 4.58. The topological polar surface area (TPSA) is 77.6 Å². The molecule has 2 heterocycles. The first-order valence-electron chi connectivity index (χ1n) is 9.11. The minimum absolute atomic E-state index is 0.0393. The van der Waals surface area contributed by atoms with Crippen molar-refractivity contribution in [3.05, 3.63) is 35.7 Å². The van der Waals surface area contributed by atoms with Crippen LogP contribution in [0.25, 0.3) is 11.0 Å². The number of amides is 1. The largest absolute Gasteiger partial charge is 0.328 e. The number of hydrogen-bond acceptors (Lipinski definition) is 4. The number of carbonyl (C=O) groups is 1. The first-order valence-corrected chi connectivity index (χ1v) is 9.11. The summed E-state index contributed by atoms with van der Waals surface area (Å²) >= 11 is 0. The van der Waals surface area contributed by atoms with E-state index in [4.69, 9.17) is 0 Å². The summed E-state index contributed by atoms with van der Waals surface area (Å²) in [6.07, 6.45) is 0.887. The van der Waals surface area contributed by atoms with Crippen LogP contribution in [0.5, 0.6) is 0 Å². The fourth-order valence-corrected chi connectivity index (χ4v) is 3.22. The van der Waals surface area contributed by atoms with Crippen LogP contribution in [0.4, 0.5) is 5.69 Å². The minimum atomic E-state index is -0.218. The highest BCUT2D eigenvalue weighted by molar-refractivity contribution is 5.94. The van der Waals surface area contributed by atoms with Crippen LogP contribution in [0.15, 0.2) is 18.2 Å². The molecule has 1 aromatic carbocycles. The molecule has 0 aliphatic carbocycles. The first-order chi connectivity index (χ1) is 12.4. The Kier molecular flexibility index (Phi) is 5.06. The van der Waals surface area contributed by atoms with E-state index < -0.39 is 0 Å². The Hall–Kier alpha value is -2.70. The van der Waals surface area contributed by atoms with Gasteiger partial charge >= 0.3 is 0 Å². The lowest BCUT2D eigenvalue weighted by Gasteiger charge is -2.13. The number of carbonyl (C=O) groups excluding carboxylic acids is 1. The van der Waals surface area contributed by atoms with Crippen LogP contribution in [0.1, 0.15) is 38.2 Å². The van der Waals surface area contributed by atoms with Gasteiger partial charge in [0.15, 0.2) is 0 Å². The van der Waals surface area contributed by atoms with Gasteiger partial charge in [0.25, 0.3) is 0 Å². The fraction of sp³-hybridized carbons (Fsp3) is 0.474. The predicted molar refractivity (Wildman–Crippen MR) is 102 cm³/mol. The molecule has 7 nitrogen and oxygen atoms in total. The van der Waals surface area contributed by atoms with Gasteiger partial charge in [0.05, 0.1) is 23.5 Å². The Morgan fingerprint density at radius 1 is 1.23 bits per heavy atom. The van der Waals surface area contributed by atoms with E-state index in [2.05, 4.69) is 38.8 Å². The van der Waals surface area contributed by atoms with Crippen molar-refractivity contribution in [2.45, 2.75) is 54.1 Å². The molecular weight excluding hydrogens is 328 g/mol. The van der Waals surface area contributed by atoms with E-state index in [9.17, 15) is 4.79 Å². The van der Waals surface area contributed by atoms with Crippen molar-refractivity contribution < 1.29 is 4.79 Å². The molecular formula is C19H26N6O. The van der Waals surface area contributed by atoms with E-state index in [0.717, 1.165) is 47.2 Å². The highest BCUT2D eigenvalue weighted by Crippen LogP contribution is 2.21. The zero-order valence-electron chi connectivity index (χ0n) is 16.1. The molecule has 0 unspecified atom stereocenters. The molecule has 3 rings (SSSR count). The normalized spacial score (nSPS) is 12.5. The second kappa shape index (κ2) is 7.27. The molecule has 0 aliphatic heterocycles. The number of fused-ring (bicyclic) bond motifs is 1. The van der Waals surface area contributed by atoms with Crippen LogP contribution in [-0.4, -0.2) is 30.2 Å². The maximum Gasteiger partial charge on any atom is 0.229 e. The third kappa shape index (κ3) is 3.47. The van der Waals surface area contributed by atoms with Crippen molar-refractivity contribution in [1.29, 1.82) is 0 Å². The van der Waals surface area contributed by atoms with Crippen LogP contribution in [-0.2, 0) is 24.3 Å². The SMILES string of the molecule is CCc1nc2cc(NC(=O)[C@@H](C)Cn3nc(C)nc3C)ccc2n1CC. The number of aryl methyl sites for hydroxylation is 4. The molecule has 138 valence electrons. The lowest BCUT2D eigenvalue weighted by atomic mass is 10.1. The smallest absolute Gasteiger partial charge is 0.229 e. The molecule has 0 radical (unpaired) electrons. The van der Waals surface area contributed by atoms with Gasteiger partial charge in [-0.2, -0.15) is 5.10 Å². The second-order valence-corrected chi connectivity index (χ2v) is 6.61. The number of nitrogens with one attached hydrogen (secondary N) is 1. The number of hydrogen-bond donors (Lipinski definition) is 1. The second-order valence-electron chi connectivity index (χ2n) is 6.61. The molecule has 0 fully saturated rings. The summed E-state index contributed by atoms with van der Waals surface area (Å²) in [6, 6.07) is 5.90. The average molecular weight is 354 g/mol. The summed E-state index contributed by atoms with van der Waals surface area (Å²) < 4.78 is 3.98. The van der Waals surface area contributed by atoms with E-state index in [1.807, 2.05) is 39.0 Å². The molecule has 1 atom stereocenters. The molecule has 26 heavy (non-hydrogen) atoms. The van der Waals surface area contributed by atoms with Gasteiger partial charge in [-0.1, -0.05) is 13.8 Å². The average Bonchev–Trinajstić information content (AvgIpc) is 3.12. The Balaban J connectivity index is 1.75. The number of aromatic nitrogens is 5. The Bertz CT molecular complexity index is 939. The Labute approximate surface area is 153 Å². The van der Waals surface area contributed by atoms with Crippen LogP contribution < -0.4 is 5.32 Å². The van der Waals surface area contributed by atoms with Crippen LogP contribution in [0.2, 0.25) is 0 Å². The van der Waals surface area contributed by atoms with Crippen molar-refractivity contribution in [3.63, 3.8) is 0 Å². The highest BCUT2D eigenvalue weighted by atomic mass is 16.1. The van der Waals surface area contributed by atoms with Gasteiger partial charge in [-0.25, -0.2) is 14.6 Å². The van der Waals surface area contributed by atoms with E-state index in [1.54, 1.807) is 4.68 Å². The third-order valence-electron chi connectivity index (χ3n) is 4.58. The summed E-state index contributed by atoms with van der Waals surface area (Å²) in [5.41, 5.74) is 2.78. The van der Waals surface area contributed by atoms with Crippen LogP contribution in [0, 0.1) is 19.8 Å². The Morgan fingerprint density at radius 2 is 2.00 bits per heavy atom. The molecule has 1 N–H and O–H groups in total. The van der Waals surface area contributed by atoms with E-state index in [-0.39, 0.29) is 11.8 Å². The number of benzene rings is 1. The molecule has 0 saturated heterocycles. The first kappa shape index (κ1) is 18.1. The van der Waals surface area contributed by atoms with Gasteiger partial charge in [-0.15, -0.1) is 0 Å². The number of rotatable bonds is 6. The van der Waals surface area contributed by atoms with Gasteiger partial charge < -0.3 is 9.88 Å². The minimum Gasteiger partial charge on any atom is -0.328 e. The highest BCUT2D eigenvalue weighted by Gasteiger charge is 2.17. The standard InChI is InChI=1S/C19H26N6O/c1-6-18-22-16-10-15(8-9-17(16)24(18)7-2)21-19(26)12(3)11-25-14(5)20-13(4)23-25/h8-10,12H,6-7,11H2,1-5H3,(H,21,26)/t12-/m0/s1. The van der Waals surface area contributed by atoms with Gasteiger partial charge in [0, 0.05) is 18.7 Å². The number of anilines is 1. The molecule has 3 aromatic rings. The van der Waals surface area contributed by atoms with E-state index >= 15 is 0 Å². The summed E-state index contributed by atoms with van der Waals surface area (Å²) in [6.45, 7) is 11.3. The van der Waals surface area contributed by atoms with Crippen molar-refractivity contribution in [1.82, 2.24) is 24.3 Å². The molecule has 0 saturated carbocycles. The van der Waals surface area contributed by atoms with Gasteiger partial charge in [-0.3, -0.25) is 4.79 Å². The number of nitrogens with zero attached hydrogens (tertiary/aromatic N) is 5. The monoisotopic (exact) mass is 354 g/mol. The summed E-state index contributed by atoms with van der Waals surface area (Å²) in [4.78, 5) is 21.5. The summed E-state index contributed by atoms with van der Waals surface area (Å²) in [5, 5.41) is 7.32. The molecule has 0 spiro atoms. The van der Waals surface area contributed by atoms with Crippen molar-refractivity contribution in [3.8, 4) is 0 Å². The van der Waals surface area contributed by atoms with Gasteiger partial charge in [0.2, 0.25) is 5.91 Å². The zero-order valence-corrected chi connectivity index (χ0v) is 16.1. The van der Waals surface area contributed by atoms with Gasteiger partial charge in [0.1, 0.15) is 17.5 Å². The maximum atomic E-state index is 12.6. The summed E-state index contributed by atoms with van der Waals surface area (Å²) in [7, 11) is 0. The summed E-state index contributed by atoms with van der Waals surface area (Å²) in [5.74, 6) is 2.35. The molecule has 2 aromatic heterocycles. The number of imidazole rings is 1. The van der Waals surface area contributed by atoms with E-state index in [0.29, 0.717) is 6.54 Å². The van der Waals surface area contributed by atoms with Crippen molar-refractivity contribution in [2.24, 2.45) is 5.92 Å². The maximum absolute atomic E-state index is 12.6. The molecule has 0 bridgehead atoms. The quantitative estimate of drug-likeness (QED) is 0.738. The van der Waals surface area contributed by atoms with Crippen LogP contribution in [0.3, 0.4) is 0 Å². The molecule has 7 heteroatoms.